The smallest absolute Gasteiger partial charge is 0.227 e. The molecule has 1 atom stereocenters. The van der Waals surface area contributed by atoms with Gasteiger partial charge in [-0.3, -0.25) is 4.79 Å². The van der Waals surface area contributed by atoms with Crippen molar-refractivity contribution in [2.45, 2.75) is 52.4 Å². The summed E-state index contributed by atoms with van der Waals surface area (Å²) in [6.07, 6.45) is 5.12. The van der Waals surface area contributed by atoms with Gasteiger partial charge in [-0.25, -0.2) is 12.7 Å². The van der Waals surface area contributed by atoms with Gasteiger partial charge in [-0.2, -0.15) is 0 Å². The van der Waals surface area contributed by atoms with Crippen LogP contribution in [0.3, 0.4) is 0 Å². The van der Waals surface area contributed by atoms with Crippen LogP contribution in [0.4, 0.5) is 0 Å². The van der Waals surface area contributed by atoms with Gasteiger partial charge in [-0.1, -0.05) is 44.2 Å². The lowest BCUT2D eigenvalue weighted by atomic mass is 9.83. The van der Waals surface area contributed by atoms with Crippen molar-refractivity contribution in [3.05, 3.63) is 35.9 Å². The number of hydrogen-bond donors (Lipinski definition) is 0. The first-order chi connectivity index (χ1) is 13.3. The van der Waals surface area contributed by atoms with Gasteiger partial charge < -0.3 is 4.90 Å². The predicted molar refractivity (Wildman–Crippen MR) is 112 cm³/mol. The summed E-state index contributed by atoms with van der Waals surface area (Å²) in [5, 5.41) is 0. The molecule has 2 aliphatic heterocycles. The van der Waals surface area contributed by atoms with E-state index in [9.17, 15) is 13.2 Å². The number of carbonyl (C=O) groups excluding carboxylic acids is 1. The van der Waals surface area contributed by atoms with E-state index in [1.807, 2.05) is 35.2 Å². The van der Waals surface area contributed by atoms with E-state index in [1.165, 1.54) is 0 Å². The maximum Gasteiger partial charge on any atom is 0.227 e. The van der Waals surface area contributed by atoms with Crippen LogP contribution in [0.2, 0.25) is 0 Å². The van der Waals surface area contributed by atoms with E-state index < -0.39 is 10.0 Å². The highest BCUT2D eigenvalue weighted by atomic mass is 32.2. The lowest BCUT2D eigenvalue weighted by Crippen LogP contribution is -2.50. The molecule has 0 aromatic heterocycles. The average molecular weight is 407 g/mol. The van der Waals surface area contributed by atoms with Gasteiger partial charge in [-0.15, -0.1) is 0 Å². The lowest BCUT2D eigenvalue weighted by molar-refractivity contribution is -0.139. The Balaban J connectivity index is 1.55. The maximum atomic E-state index is 13.0. The molecular formula is C22H34N2O3S. The molecule has 2 aliphatic rings. The van der Waals surface area contributed by atoms with Crippen LogP contribution in [0.15, 0.2) is 30.3 Å². The number of rotatable bonds is 6. The Labute approximate surface area is 170 Å². The average Bonchev–Trinajstić information content (AvgIpc) is 2.67. The predicted octanol–water partition coefficient (Wildman–Crippen LogP) is 3.31. The number of carbonyl (C=O) groups is 1. The SMILES string of the molecule is CC1(C)CCCN(C(=O)[C@H]2CCCN(S(=O)(=O)CCCc3ccccc3)C2)C1. The van der Waals surface area contributed by atoms with E-state index in [0.29, 0.717) is 19.5 Å². The third kappa shape index (κ3) is 5.57. The number of hydrogen-bond acceptors (Lipinski definition) is 3. The van der Waals surface area contributed by atoms with Crippen molar-refractivity contribution in [1.29, 1.82) is 0 Å². The molecule has 6 heteroatoms. The number of benzene rings is 1. The molecule has 1 aromatic carbocycles. The summed E-state index contributed by atoms with van der Waals surface area (Å²) in [7, 11) is -3.31. The van der Waals surface area contributed by atoms with Crippen LogP contribution in [-0.2, 0) is 21.2 Å². The molecule has 0 spiro atoms. The van der Waals surface area contributed by atoms with E-state index >= 15 is 0 Å². The molecule has 0 aliphatic carbocycles. The number of nitrogens with zero attached hydrogens (tertiary/aromatic N) is 2. The fraction of sp³-hybridized carbons (Fsp3) is 0.682. The molecule has 2 heterocycles. The Morgan fingerprint density at radius 3 is 2.61 bits per heavy atom. The Kier molecular flexibility index (Phi) is 6.81. The van der Waals surface area contributed by atoms with E-state index in [1.54, 1.807) is 4.31 Å². The second kappa shape index (κ2) is 8.95. The van der Waals surface area contributed by atoms with Crippen LogP contribution in [-0.4, -0.2) is 55.5 Å². The molecular weight excluding hydrogens is 372 g/mol. The molecule has 0 N–H and O–H groups in total. The Hall–Kier alpha value is -1.40. The highest BCUT2D eigenvalue weighted by Gasteiger charge is 2.36. The van der Waals surface area contributed by atoms with Gasteiger partial charge in [0.25, 0.3) is 0 Å². The Bertz CT molecular complexity index is 761. The quantitative estimate of drug-likeness (QED) is 0.728. The summed E-state index contributed by atoms with van der Waals surface area (Å²) in [5.74, 6) is 0.114. The zero-order chi connectivity index (χ0) is 20.2. The molecule has 5 nitrogen and oxygen atoms in total. The van der Waals surface area contributed by atoms with Gasteiger partial charge in [0.15, 0.2) is 0 Å². The van der Waals surface area contributed by atoms with Crippen LogP contribution >= 0.6 is 0 Å². The van der Waals surface area contributed by atoms with Gasteiger partial charge >= 0.3 is 0 Å². The van der Waals surface area contributed by atoms with Crippen LogP contribution in [0.25, 0.3) is 0 Å². The summed E-state index contributed by atoms with van der Waals surface area (Å²) in [4.78, 5) is 15.0. The van der Waals surface area contributed by atoms with Crippen LogP contribution in [0.5, 0.6) is 0 Å². The molecule has 0 saturated carbocycles. The minimum absolute atomic E-state index is 0.150. The van der Waals surface area contributed by atoms with Crippen molar-refractivity contribution in [3.8, 4) is 0 Å². The number of piperidine rings is 2. The van der Waals surface area contributed by atoms with Gasteiger partial charge in [0.05, 0.1) is 11.7 Å². The fourth-order valence-electron chi connectivity index (χ4n) is 4.50. The van der Waals surface area contributed by atoms with Crippen molar-refractivity contribution in [2.75, 3.05) is 31.9 Å². The summed E-state index contributed by atoms with van der Waals surface area (Å²) >= 11 is 0. The van der Waals surface area contributed by atoms with Gasteiger partial charge in [-0.05, 0) is 49.5 Å². The van der Waals surface area contributed by atoms with Crippen LogP contribution in [0, 0.1) is 11.3 Å². The molecule has 1 amide bonds. The molecule has 0 unspecified atom stereocenters. The van der Waals surface area contributed by atoms with Crippen LogP contribution in [0.1, 0.15) is 51.5 Å². The zero-order valence-corrected chi connectivity index (χ0v) is 18.1. The first kappa shape index (κ1) is 21.3. The first-order valence-electron chi connectivity index (χ1n) is 10.6. The fourth-order valence-corrected chi connectivity index (χ4v) is 6.08. The lowest BCUT2D eigenvalue weighted by Gasteiger charge is -2.41. The second-order valence-corrected chi connectivity index (χ2v) is 11.2. The molecule has 3 rings (SSSR count). The maximum absolute atomic E-state index is 13.0. The normalized spacial score (nSPS) is 23.5. The molecule has 156 valence electrons. The summed E-state index contributed by atoms with van der Waals surface area (Å²) in [6.45, 7) is 6.90. The largest absolute Gasteiger partial charge is 0.342 e. The van der Waals surface area contributed by atoms with Gasteiger partial charge in [0.2, 0.25) is 15.9 Å². The van der Waals surface area contributed by atoms with E-state index in [2.05, 4.69) is 13.8 Å². The van der Waals surface area contributed by atoms with Crippen molar-refractivity contribution in [1.82, 2.24) is 9.21 Å². The highest BCUT2D eigenvalue weighted by Crippen LogP contribution is 2.30. The molecule has 0 bridgehead atoms. The van der Waals surface area contributed by atoms with Crippen molar-refractivity contribution in [2.24, 2.45) is 11.3 Å². The third-order valence-corrected chi connectivity index (χ3v) is 7.97. The minimum atomic E-state index is -3.31. The number of amides is 1. The number of aryl methyl sites for hydroxylation is 1. The number of sulfonamides is 1. The summed E-state index contributed by atoms with van der Waals surface area (Å²) in [6, 6.07) is 9.98. The third-order valence-electron chi connectivity index (χ3n) is 6.05. The number of likely N-dealkylation sites (tertiary alicyclic amines) is 1. The minimum Gasteiger partial charge on any atom is -0.342 e. The molecule has 2 fully saturated rings. The van der Waals surface area contributed by atoms with Crippen LogP contribution < -0.4 is 0 Å². The summed E-state index contributed by atoms with van der Waals surface area (Å²) in [5.41, 5.74) is 1.32. The molecule has 0 radical (unpaired) electrons. The molecule has 2 saturated heterocycles. The van der Waals surface area contributed by atoms with Crippen molar-refractivity contribution >= 4 is 15.9 Å². The van der Waals surface area contributed by atoms with Crippen molar-refractivity contribution in [3.63, 3.8) is 0 Å². The standard InChI is InChI=1S/C22H34N2O3S/c1-22(2)13-8-14-23(18-22)21(25)20-12-6-15-24(17-20)28(26,27)16-7-11-19-9-4-3-5-10-19/h3-5,9-10,20H,6-8,11-18H2,1-2H3/t20-/m0/s1. The van der Waals surface area contributed by atoms with E-state index in [0.717, 1.165) is 50.8 Å². The Morgan fingerprint density at radius 1 is 1.14 bits per heavy atom. The Morgan fingerprint density at radius 2 is 1.89 bits per heavy atom. The zero-order valence-electron chi connectivity index (χ0n) is 17.3. The topological polar surface area (TPSA) is 57.7 Å². The van der Waals surface area contributed by atoms with E-state index in [4.69, 9.17) is 0 Å². The molecule has 1 aromatic rings. The first-order valence-corrected chi connectivity index (χ1v) is 12.2. The monoisotopic (exact) mass is 406 g/mol. The highest BCUT2D eigenvalue weighted by molar-refractivity contribution is 7.89. The van der Waals surface area contributed by atoms with Gasteiger partial charge in [0.1, 0.15) is 0 Å². The van der Waals surface area contributed by atoms with E-state index in [-0.39, 0.29) is 23.0 Å². The molecule has 28 heavy (non-hydrogen) atoms. The van der Waals surface area contributed by atoms with Gasteiger partial charge in [0, 0.05) is 26.2 Å². The summed E-state index contributed by atoms with van der Waals surface area (Å²) < 4.78 is 27.2. The second-order valence-electron chi connectivity index (χ2n) is 9.13. The van der Waals surface area contributed by atoms with Crippen molar-refractivity contribution < 1.29 is 13.2 Å².